The van der Waals surface area contributed by atoms with Gasteiger partial charge in [0.2, 0.25) is 0 Å². The van der Waals surface area contributed by atoms with Gasteiger partial charge in [-0.1, -0.05) is 23.2 Å². The third kappa shape index (κ3) is 2.03. The van der Waals surface area contributed by atoms with Crippen molar-refractivity contribution in [2.45, 2.75) is 6.92 Å². The fraction of sp³-hybridized carbons (Fsp3) is 0.125. The van der Waals surface area contributed by atoms with Crippen LogP contribution in [0.3, 0.4) is 0 Å². The molecule has 0 aliphatic carbocycles. The highest BCUT2D eigenvalue weighted by atomic mass is 35.5. The first kappa shape index (κ1) is 9.83. The SMILES string of the molecule is Cc1csc(-c2nc(Cl)cc(Cl)n2)n1. The lowest BCUT2D eigenvalue weighted by molar-refractivity contribution is 1.15. The summed E-state index contributed by atoms with van der Waals surface area (Å²) in [6.45, 7) is 1.91. The molecule has 0 atom stereocenters. The van der Waals surface area contributed by atoms with Crippen LogP contribution in [0.1, 0.15) is 5.69 Å². The van der Waals surface area contributed by atoms with Crippen LogP contribution in [-0.2, 0) is 0 Å². The molecular formula is C8H5Cl2N3S. The number of aryl methyl sites for hydroxylation is 1. The fourth-order valence-corrected chi connectivity index (χ4v) is 2.09. The highest BCUT2D eigenvalue weighted by Gasteiger charge is 2.07. The molecule has 2 rings (SSSR count). The van der Waals surface area contributed by atoms with Gasteiger partial charge < -0.3 is 0 Å². The van der Waals surface area contributed by atoms with Crippen molar-refractivity contribution in [2.24, 2.45) is 0 Å². The molecule has 0 radical (unpaired) electrons. The number of thiazole rings is 1. The molecular weight excluding hydrogens is 241 g/mol. The third-order valence-electron chi connectivity index (χ3n) is 1.47. The third-order valence-corrected chi connectivity index (χ3v) is 2.82. The maximum absolute atomic E-state index is 5.75. The van der Waals surface area contributed by atoms with E-state index in [2.05, 4.69) is 15.0 Å². The van der Waals surface area contributed by atoms with Gasteiger partial charge in [0.25, 0.3) is 0 Å². The number of halogens is 2. The molecule has 2 aromatic rings. The van der Waals surface area contributed by atoms with Crippen LogP contribution >= 0.6 is 34.5 Å². The van der Waals surface area contributed by atoms with Crippen LogP contribution in [0, 0.1) is 6.92 Å². The van der Waals surface area contributed by atoms with Gasteiger partial charge in [0.1, 0.15) is 10.3 Å². The molecule has 0 saturated carbocycles. The predicted molar refractivity (Wildman–Crippen MR) is 57.9 cm³/mol. The first-order chi connectivity index (χ1) is 6.65. The van der Waals surface area contributed by atoms with E-state index in [1.807, 2.05) is 12.3 Å². The minimum absolute atomic E-state index is 0.327. The van der Waals surface area contributed by atoms with Crippen LogP contribution in [0.2, 0.25) is 10.3 Å². The Labute approximate surface area is 94.8 Å². The summed E-state index contributed by atoms with van der Waals surface area (Å²) in [5.41, 5.74) is 0.935. The van der Waals surface area contributed by atoms with Gasteiger partial charge in [-0.25, -0.2) is 15.0 Å². The van der Waals surface area contributed by atoms with Crippen molar-refractivity contribution in [1.82, 2.24) is 15.0 Å². The Hall–Kier alpha value is -0.710. The van der Waals surface area contributed by atoms with Gasteiger partial charge in [-0.3, -0.25) is 0 Å². The minimum Gasteiger partial charge on any atom is -0.238 e. The lowest BCUT2D eigenvalue weighted by Gasteiger charge is -1.96. The van der Waals surface area contributed by atoms with Crippen LogP contribution in [0.15, 0.2) is 11.4 Å². The summed E-state index contributed by atoms with van der Waals surface area (Å²) in [5, 5.41) is 3.31. The quantitative estimate of drug-likeness (QED) is 0.725. The molecule has 14 heavy (non-hydrogen) atoms. The van der Waals surface area contributed by atoms with Gasteiger partial charge in [0.15, 0.2) is 10.8 Å². The van der Waals surface area contributed by atoms with Crippen molar-refractivity contribution >= 4 is 34.5 Å². The van der Waals surface area contributed by atoms with Crippen molar-refractivity contribution < 1.29 is 0 Å². The lowest BCUT2D eigenvalue weighted by atomic mass is 10.5. The Morgan fingerprint density at radius 2 is 1.79 bits per heavy atom. The highest BCUT2D eigenvalue weighted by molar-refractivity contribution is 7.13. The van der Waals surface area contributed by atoms with Crippen molar-refractivity contribution in [3.05, 3.63) is 27.4 Å². The van der Waals surface area contributed by atoms with Crippen molar-refractivity contribution in [3.63, 3.8) is 0 Å². The monoisotopic (exact) mass is 245 g/mol. The molecule has 0 spiro atoms. The average Bonchev–Trinajstić information content (AvgIpc) is 2.50. The number of nitrogens with zero attached hydrogens (tertiary/aromatic N) is 3. The standard InChI is InChI=1S/C8H5Cl2N3S/c1-4-3-14-8(11-4)7-12-5(9)2-6(10)13-7/h2-3H,1H3. The van der Waals surface area contributed by atoms with Crippen LogP contribution in [0.5, 0.6) is 0 Å². The smallest absolute Gasteiger partial charge is 0.191 e. The summed E-state index contributed by atoms with van der Waals surface area (Å²) in [4.78, 5) is 12.3. The molecule has 3 nitrogen and oxygen atoms in total. The zero-order valence-corrected chi connectivity index (χ0v) is 9.49. The maximum Gasteiger partial charge on any atom is 0.191 e. The molecule has 0 aliphatic rings. The summed E-state index contributed by atoms with van der Waals surface area (Å²) in [6, 6.07) is 1.49. The van der Waals surface area contributed by atoms with E-state index in [0.717, 1.165) is 10.7 Å². The summed E-state index contributed by atoms with van der Waals surface area (Å²) in [6.07, 6.45) is 0. The fourth-order valence-electron chi connectivity index (χ4n) is 0.942. The largest absolute Gasteiger partial charge is 0.238 e. The van der Waals surface area contributed by atoms with Gasteiger partial charge in [0.05, 0.1) is 0 Å². The van der Waals surface area contributed by atoms with Crippen LogP contribution in [0.4, 0.5) is 0 Å². The van der Waals surface area contributed by atoms with E-state index in [4.69, 9.17) is 23.2 Å². The second-order valence-electron chi connectivity index (χ2n) is 2.63. The first-order valence-electron chi connectivity index (χ1n) is 3.78. The summed E-state index contributed by atoms with van der Waals surface area (Å²) >= 11 is 13.0. The van der Waals surface area contributed by atoms with Crippen molar-refractivity contribution in [3.8, 4) is 10.8 Å². The molecule has 0 aromatic carbocycles. The Bertz CT molecular complexity index is 449. The molecule has 0 saturated heterocycles. The number of hydrogen-bond donors (Lipinski definition) is 0. The number of rotatable bonds is 1. The van der Waals surface area contributed by atoms with Gasteiger partial charge >= 0.3 is 0 Å². The minimum atomic E-state index is 0.327. The molecule has 0 N–H and O–H groups in total. The predicted octanol–water partition coefficient (Wildman–Crippen LogP) is 3.22. The van der Waals surface area contributed by atoms with Crippen LogP contribution in [0.25, 0.3) is 10.8 Å². The first-order valence-corrected chi connectivity index (χ1v) is 5.41. The van der Waals surface area contributed by atoms with Gasteiger partial charge in [-0.2, -0.15) is 0 Å². The van der Waals surface area contributed by atoms with Crippen molar-refractivity contribution in [1.29, 1.82) is 0 Å². The second kappa shape index (κ2) is 3.81. The zero-order chi connectivity index (χ0) is 10.1. The van der Waals surface area contributed by atoms with E-state index < -0.39 is 0 Å². The summed E-state index contributed by atoms with van der Waals surface area (Å²) < 4.78 is 0. The Balaban J connectivity index is 2.51. The van der Waals surface area contributed by atoms with E-state index in [9.17, 15) is 0 Å². The van der Waals surface area contributed by atoms with E-state index >= 15 is 0 Å². The summed E-state index contributed by atoms with van der Waals surface area (Å²) in [5.74, 6) is 0.473. The Morgan fingerprint density at radius 3 is 2.29 bits per heavy atom. The van der Waals surface area contributed by atoms with E-state index in [1.54, 1.807) is 0 Å². The van der Waals surface area contributed by atoms with Gasteiger partial charge in [-0.15, -0.1) is 11.3 Å². The van der Waals surface area contributed by atoms with Gasteiger partial charge in [0, 0.05) is 17.1 Å². The van der Waals surface area contributed by atoms with E-state index in [0.29, 0.717) is 16.1 Å². The summed E-state index contributed by atoms with van der Waals surface area (Å²) in [7, 11) is 0. The topological polar surface area (TPSA) is 38.7 Å². The average molecular weight is 246 g/mol. The van der Waals surface area contributed by atoms with Crippen molar-refractivity contribution in [2.75, 3.05) is 0 Å². The molecule has 0 bridgehead atoms. The normalized spacial score (nSPS) is 10.5. The molecule has 0 unspecified atom stereocenters. The molecule has 0 fully saturated rings. The molecule has 2 aromatic heterocycles. The number of aromatic nitrogens is 3. The van der Waals surface area contributed by atoms with Gasteiger partial charge in [-0.05, 0) is 6.92 Å². The lowest BCUT2D eigenvalue weighted by Crippen LogP contribution is -1.89. The maximum atomic E-state index is 5.75. The number of hydrogen-bond acceptors (Lipinski definition) is 4. The molecule has 0 amide bonds. The second-order valence-corrected chi connectivity index (χ2v) is 4.26. The molecule has 2 heterocycles. The molecule has 0 aliphatic heterocycles. The Kier molecular flexibility index (Phi) is 2.67. The van der Waals surface area contributed by atoms with Crippen LogP contribution < -0.4 is 0 Å². The van der Waals surface area contributed by atoms with E-state index in [1.165, 1.54) is 17.4 Å². The van der Waals surface area contributed by atoms with E-state index in [-0.39, 0.29) is 0 Å². The Morgan fingerprint density at radius 1 is 1.14 bits per heavy atom. The highest BCUT2D eigenvalue weighted by Crippen LogP contribution is 2.23. The zero-order valence-electron chi connectivity index (χ0n) is 7.16. The molecule has 6 heteroatoms. The molecule has 72 valence electrons. The van der Waals surface area contributed by atoms with Crippen LogP contribution in [-0.4, -0.2) is 15.0 Å².